The molecule has 0 atom stereocenters. The first-order valence-corrected chi connectivity index (χ1v) is 8.61. The Labute approximate surface area is 137 Å². The van der Waals surface area contributed by atoms with Crippen LogP contribution >= 0.6 is 7.60 Å². The van der Waals surface area contributed by atoms with E-state index < -0.39 is 13.0 Å². The molecular weight excluding hydrogens is 331 g/mol. The number of fused-ring (bicyclic) bond motifs is 1. The van der Waals surface area contributed by atoms with Gasteiger partial charge in [-0.15, -0.1) is 0 Å². The number of hydrogen-bond acceptors (Lipinski definition) is 6. The number of rotatable bonds is 4. The van der Waals surface area contributed by atoms with Gasteiger partial charge in [-0.2, -0.15) is 0 Å². The summed E-state index contributed by atoms with van der Waals surface area (Å²) in [5, 5.41) is 10.3. The van der Waals surface area contributed by atoms with Gasteiger partial charge in [0.25, 0.3) is 0 Å². The van der Waals surface area contributed by atoms with Gasteiger partial charge >= 0.3 is 7.60 Å². The summed E-state index contributed by atoms with van der Waals surface area (Å²) in [6, 6.07) is 13.0. The molecule has 3 rings (SSSR count). The van der Waals surface area contributed by atoms with Crippen molar-refractivity contribution in [1.82, 2.24) is 0 Å². The lowest BCUT2D eigenvalue weighted by molar-refractivity contribution is 0.287. The maximum atomic E-state index is 12.5. The molecule has 0 radical (unpaired) electrons. The molecule has 1 heterocycles. The molecule has 0 amide bonds. The first-order chi connectivity index (χ1) is 11.5. The van der Waals surface area contributed by atoms with Crippen LogP contribution in [0.1, 0.15) is 0 Å². The Kier molecular flexibility index (Phi) is 4.28. The number of benzene rings is 2. The van der Waals surface area contributed by atoms with Gasteiger partial charge in [0.2, 0.25) is 0 Å². The highest BCUT2D eigenvalue weighted by Crippen LogP contribution is 2.46. The monoisotopic (exact) mass is 346 g/mol. The van der Waals surface area contributed by atoms with Crippen molar-refractivity contribution >= 4 is 23.9 Å². The van der Waals surface area contributed by atoms with Gasteiger partial charge in [-0.1, -0.05) is 30.3 Å². The third-order valence-electron chi connectivity index (χ3n) is 3.65. The van der Waals surface area contributed by atoms with Gasteiger partial charge < -0.3 is 18.6 Å². The summed E-state index contributed by atoms with van der Waals surface area (Å²) in [4.78, 5) is 12.3. The minimum absolute atomic E-state index is 0.0113. The van der Waals surface area contributed by atoms with Crippen LogP contribution in [0.15, 0.2) is 57.7 Å². The molecule has 0 spiro atoms. The molecule has 1 N–H and O–H groups in total. The zero-order chi connectivity index (χ0) is 17.3. The average Bonchev–Trinajstić information content (AvgIpc) is 2.61. The van der Waals surface area contributed by atoms with Crippen molar-refractivity contribution in [1.29, 1.82) is 0 Å². The summed E-state index contributed by atoms with van der Waals surface area (Å²) in [5.74, 6) is -0.000460. The van der Waals surface area contributed by atoms with Gasteiger partial charge in [0, 0.05) is 25.8 Å². The molecule has 124 valence electrons. The van der Waals surface area contributed by atoms with E-state index in [4.69, 9.17) is 13.5 Å². The van der Waals surface area contributed by atoms with E-state index in [-0.39, 0.29) is 22.0 Å². The lowest BCUT2D eigenvalue weighted by Crippen LogP contribution is -2.10. The van der Waals surface area contributed by atoms with Crippen LogP contribution < -0.4 is 10.7 Å². The van der Waals surface area contributed by atoms with Crippen molar-refractivity contribution in [3.63, 3.8) is 0 Å². The standard InChI is InChI=1S/C17H15O6P/c1-21-24(20,22-2)12-8-13(18)17-14(19)10-15(23-16(17)9-12)11-6-4-3-5-7-11/h3-10,18H,1-2H3. The molecule has 6 nitrogen and oxygen atoms in total. The molecule has 0 aliphatic rings. The summed E-state index contributed by atoms with van der Waals surface area (Å²) in [7, 11) is -1.11. The second kappa shape index (κ2) is 6.24. The van der Waals surface area contributed by atoms with E-state index in [0.717, 1.165) is 0 Å². The Hall–Kier alpha value is -2.40. The maximum absolute atomic E-state index is 12.5. The Morgan fingerprint density at radius 1 is 1.04 bits per heavy atom. The van der Waals surface area contributed by atoms with Crippen LogP contribution in [0, 0.1) is 0 Å². The van der Waals surface area contributed by atoms with E-state index in [1.165, 1.54) is 32.4 Å². The van der Waals surface area contributed by atoms with Crippen LogP contribution in [0.5, 0.6) is 5.75 Å². The highest BCUT2D eigenvalue weighted by atomic mass is 31.2. The fraction of sp³-hybridized carbons (Fsp3) is 0.118. The van der Waals surface area contributed by atoms with E-state index in [2.05, 4.69) is 0 Å². The maximum Gasteiger partial charge on any atom is 0.361 e. The highest BCUT2D eigenvalue weighted by Gasteiger charge is 2.27. The largest absolute Gasteiger partial charge is 0.507 e. The Bertz CT molecular complexity index is 985. The molecule has 24 heavy (non-hydrogen) atoms. The van der Waals surface area contributed by atoms with Crippen molar-refractivity contribution in [2.45, 2.75) is 0 Å². The minimum Gasteiger partial charge on any atom is -0.507 e. The summed E-state index contributed by atoms with van der Waals surface area (Å²) < 4.78 is 28.1. The van der Waals surface area contributed by atoms with Gasteiger partial charge in [-0.3, -0.25) is 9.36 Å². The number of hydrogen-bond donors (Lipinski definition) is 1. The normalized spacial score (nSPS) is 11.8. The van der Waals surface area contributed by atoms with E-state index in [1.807, 2.05) is 18.2 Å². The first kappa shape index (κ1) is 16.5. The molecule has 0 saturated carbocycles. The van der Waals surface area contributed by atoms with Crippen molar-refractivity contribution in [3.05, 3.63) is 58.8 Å². The molecule has 1 aromatic heterocycles. The highest BCUT2D eigenvalue weighted by molar-refractivity contribution is 7.62. The second-order valence-corrected chi connectivity index (χ2v) is 7.28. The molecule has 0 aliphatic heterocycles. The van der Waals surface area contributed by atoms with Crippen molar-refractivity contribution in [3.8, 4) is 17.1 Å². The van der Waals surface area contributed by atoms with Crippen LogP contribution in [0.2, 0.25) is 0 Å². The number of aromatic hydroxyl groups is 1. The van der Waals surface area contributed by atoms with Gasteiger partial charge in [0.05, 0.1) is 5.30 Å². The van der Waals surface area contributed by atoms with E-state index >= 15 is 0 Å². The van der Waals surface area contributed by atoms with Crippen LogP contribution in [0.4, 0.5) is 0 Å². The number of phenolic OH excluding ortho intramolecular Hbond substituents is 1. The van der Waals surface area contributed by atoms with Gasteiger partial charge in [-0.05, 0) is 12.1 Å². The molecule has 7 heteroatoms. The van der Waals surface area contributed by atoms with Crippen LogP contribution in [-0.2, 0) is 13.6 Å². The number of phenols is 1. The molecule has 2 aromatic carbocycles. The van der Waals surface area contributed by atoms with Gasteiger partial charge in [0.15, 0.2) is 5.43 Å². The van der Waals surface area contributed by atoms with Crippen LogP contribution in [0.3, 0.4) is 0 Å². The van der Waals surface area contributed by atoms with Crippen molar-refractivity contribution in [2.24, 2.45) is 0 Å². The van der Waals surface area contributed by atoms with Gasteiger partial charge in [0.1, 0.15) is 22.5 Å². The zero-order valence-corrected chi connectivity index (χ0v) is 13.9. The Balaban J connectivity index is 2.29. The Morgan fingerprint density at radius 3 is 2.33 bits per heavy atom. The quantitative estimate of drug-likeness (QED) is 0.730. The molecule has 0 aliphatic carbocycles. The topological polar surface area (TPSA) is 86.0 Å². The van der Waals surface area contributed by atoms with Crippen LogP contribution in [-0.4, -0.2) is 19.3 Å². The Morgan fingerprint density at radius 2 is 1.71 bits per heavy atom. The summed E-state index contributed by atoms with van der Waals surface area (Å²) in [6.45, 7) is 0. The minimum atomic E-state index is -3.59. The summed E-state index contributed by atoms with van der Waals surface area (Å²) >= 11 is 0. The molecule has 3 aromatic rings. The van der Waals surface area contributed by atoms with E-state index in [0.29, 0.717) is 11.3 Å². The van der Waals surface area contributed by atoms with E-state index in [1.54, 1.807) is 12.1 Å². The van der Waals surface area contributed by atoms with Crippen molar-refractivity contribution < 1.29 is 23.1 Å². The second-order valence-electron chi connectivity index (χ2n) is 5.04. The fourth-order valence-electron chi connectivity index (χ4n) is 2.44. The predicted octanol–water partition coefficient (Wildman–Crippen LogP) is 3.28. The third-order valence-corrected chi connectivity index (χ3v) is 5.50. The average molecular weight is 346 g/mol. The summed E-state index contributed by atoms with van der Waals surface area (Å²) in [6.07, 6.45) is 0. The third kappa shape index (κ3) is 2.76. The lowest BCUT2D eigenvalue weighted by Gasteiger charge is -2.14. The van der Waals surface area contributed by atoms with Crippen molar-refractivity contribution in [2.75, 3.05) is 14.2 Å². The van der Waals surface area contributed by atoms with Crippen LogP contribution in [0.25, 0.3) is 22.3 Å². The molecular formula is C17H15O6P. The SMILES string of the molecule is COP(=O)(OC)c1cc(O)c2c(=O)cc(-c3ccccc3)oc2c1. The lowest BCUT2D eigenvalue weighted by atomic mass is 10.1. The van der Waals surface area contributed by atoms with E-state index in [9.17, 15) is 14.5 Å². The molecule has 0 saturated heterocycles. The molecule has 0 fully saturated rings. The molecule has 0 unspecified atom stereocenters. The predicted molar refractivity (Wildman–Crippen MR) is 90.8 cm³/mol. The van der Waals surface area contributed by atoms with Gasteiger partial charge in [-0.25, -0.2) is 0 Å². The fourth-order valence-corrected chi connectivity index (χ4v) is 3.57. The molecule has 0 bridgehead atoms. The first-order valence-electron chi connectivity index (χ1n) is 7.07. The zero-order valence-electron chi connectivity index (χ0n) is 13.1. The smallest absolute Gasteiger partial charge is 0.361 e. The summed E-state index contributed by atoms with van der Waals surface area (Å²) in [5.41, 5.74) is 0.414.